The zero-order valence-electron chi connectivity index (χ0n) is 7.23. The van der Waals surface area contributed by atoms with Gasteiger partial charge in [0.15, 0.2) is 5.58 Å². The second-order valence-electron chi connectivity index (χ2n) is 2.86. The number of hydrogen-bond acceptors (Lipinski definition) is 3. The summed E-state index contributed by atoms with van der Waals surface area (Å²) in [6.07, 6.45) is 0.565. The van der Waals surface area contributed by atoms with Crippen molar-refractivity contribution in [3.63, 3.8) is 0 Å². The Morgan fingerprint density at radius 3 is 3.21 bits per heavy atom. The van der Waals surface area contributed by atoms with Crippen LogP contribution in [0.25, 0.3) is 11.0 Å². The van der Waals surface area contributed by atoms with Crippen molar-refractivity contribution in [3.05, 3.63) is 30.0 Å². The summed E-state index contributed by atoms with van der Waals surface area (Å²) in [6.45, 7) is 0.288. The van der Waals surface area contributed by atoms with Gasteiger partial charge in [0, 0.05) is 11.9 Å². The molecule has 0 saturated heterocycles. The van der Waals surface area contributed by atoms with Crippen LogP contribution in [-0.2, 0) is 6.54 Å². The normalized spacial score (nSPS) is 10.3. The maximum Gasteiger partial charge on any atom is 0.404 e. The number of nitrogens with zero attached hydrogens (tertiary/aromatic N) is 1. The van der Waals surface area contributed by atoms with E-state index in [0.717, 1.165) is 10.9 Å². The molecule has 0 aliphatic heterocycles. The lowest BCUT2D eigenvalue weighted by atomic mass is 10.2. The molecule has 0 unspecified atom stereocenters. The smallest absolute Gasteiger partial charge is 0.404 e. The summed E-state index contributed by atoms with van der Waals surface area (Å²) in [5.74, 6) is 0. The third kappa shape index (κ3) is 1.66. The van der Waals surface area contributed by atoms with Crippen LogP contribution in [0.3, 0.4) is 0 Å². The number of amides is 1. The monoisotopic (exact) mass is 192 g/mol. The van der Waals surface area contributed by atoms with Gasteiger partial charge in [-0.1, -0.05) is 11.2 Å². The van der Waals surface area contributed by atoms with Crippen molar-refractivity contribution in [3.8, 4) is 0 Å². The molecule has 1 aromatic heterocycles. The Morgan fingerprint density at radius 1 is 1.57 bits per heavy atom. The minimum Gasteiger partial charge on any atom is -0.465 e. The van der Waals surface area contributed by atoms with Crippen molar-refractivity contribution in [2.24, 2.45) is 0 Å². The van der Waals surface area contributed by atoms with Crippen LogP contribution < -0.4 is 5.32 Å². The average Bonchev–Trinajstić information content (AvgIpc) is 2.61. The highest BCUT2D eigenvalue weighted by molar-refractivity contribution is 5.76. The van der Waals surface area contributed by atoms with Gasteiger partial charge in [-0.2, -0.15) is 0 Å². The Hall–Kier alpha value is -2.04. The minimum atomic E-state index is -1.03. The topological polar surface area (TPSA) is 75.4 Å². The molecule has 0 atom stereocenters. The van der Waals surface area contributed by atoms with Gasteiger partial charge < -0.3 is 14.9 Å². The van der Waals surface area contributed by atoms with Gasteiger partial charge in [-0.15, -0.1) is 0 Å². The van der Waals surface area contributed by atoms with Gasteiger partial charge in [-0.05, 0) is 17.7 Å². The summed E-state index contributed by atoms with van der Waals surface area (Å²) < 4.78 is 4.91. The summed E-state index contributed by atoms with van der Waals surface area (Å²) >= 11 is 0. The van der Waals surface area contributed by atoms with Gasteiger partial charge in [0.2, 0.25) is 0 Å². The van der Waals surface area contributed by atoms with Gasteiger partial charge in [-0.3, -0.25) is 0 Å². The summed E-state index contributed by atoms with van der Waals surface area (Å²) in [5, 5.41) is 15.2. The first-order valence-corrected chi connectivity index (χ1v) is 4.06. The van der Waals surface area contributed by atoms with Crippen molar-refractivity contribution in [2.45, 2.75) is 6.54 Å². The number of carboxylic acid groups (broad SMARTS) is 1. The fraction of sp³-hybridized carbons (Fsp3) is 0.111. The molecule has 72 valence electrons. The van der Waals surface area contributed by atoms with E-state index in [1.807, 2.05) is 6.07 Å². The van der Waals surface area contributed by atoms with Gasteiger partial charge in [0.05, 0.1) is 6.20 Å². The van der Waals surface area contributed by atoms with Gasteiger partial charge in [-0.25, -0.2) is 4.79 Å². The molecule has 2 rings (SSSR count). The SMILES string of the molecule is O=C(O)NCc1ccc2oncc2c1. The number of aromatic nitrogens is 1. The van der Waals surface area contributed by atoms with Crippen LogP contribution >= 0.6 is 0 Å². The van der Waals surface area contributed by atoms with E-state index < -0.39 is 6.09 Å². The zero-order valence-corrected chi connectivity index (χ0v) is 7.23. The lowest BCUT2D eigenvalue weighted by Crippen LogP contribution is -2.19. The molecule has 1 amide bonds. The number of fused-ring (bicyclic) bond motifs is 1. The van der Waals surface area contributed by atoms with E-state index in [1.54, 1.807) is 18.3 Å². The predicted octanol–water partition coefficient (Wildman–Crippen LogP) is 1.60. The molecular weight excluding hydrogens is 184 g/mol. The second kappa shape index (κ2) is 3.37. The Labute approximate surface area is 79.3 Å². The number of rotatable bonds is 2. The number of nitrogens with one attached hydrogen (secondary N) is 1. The first kappa shape index (κ1) is 8.55. The molecule has 2 aromatic rings. The van der Waals surface area contributed by atoms with E-state index in [0.29, 0.717) is 5.58 Å². The molecule has 5 heteroatoms. The second-order valence-corrected chi connectivity index (χ2v) is 2.86. The number of hydrogen-bond donors (Lipinski definition) is 2. The highest BCUT2D eigenvalue weighted by atomic mass is 16.5. The summed E-state index contributed by atoms with van der Waals surface area (Å²) in [6, 6.07) is 5.40. The van der Waals surface area contributed by atoms with Crippen LogP contribution in [0, 0.1) is 0 Å². The van der Waals surface area contributed by atoms with Crippen LogP contribution in [0.4, 0.5) is 4.79 Å². The molecule has 2 N–H and O–H groups in total. The third-order valence-electron chi connectivity index (χ3n) is 1.86. The highest BCUT2D eigenvalue weighted by Crippen LogP contribution is 2.14. The molecule has 0 radical (unpaired) electrons. The molecule has 0 spiro atoms. The van der Waals surface area contributed by atoms with Crippen LogP contribution in [0.5, 0.6) is 0 Å². The van der Waals surface area contributed by atoms with E-state index in [-0.39, 0.29) is 6.54 Å². The van der Waals surface area contributed by atoms with Gasteiger partial charge in [0.25, 0.3) is 0 Å². The molecular formula is C9H8N2O3. The number of carbonyl (C=O) groups is 1. The van der Waals surface area contributed by atoms with Crippen LogP contribution in [0.15, 0.2) is 28.9 Å². The lowest BCUT2D eigenvalue weighted by molar-refractivity contribution is 0.194. The van der Waals surface area contributed by atoms with Gasteiger partial charge in [0.1, 0.15) is 0 Å². The fourth-order valence-corrected chi connectivity index (χ4v) is 1.21. The standard InChI is InChI=1S/C9H8N2O3/c12-9(13)10-4-6-1-2-8-7(3-6)5-11-14-8/h1-3,5,10H,4H2,(H,12,13). The molecule has 14 heavy (non-hydrogen) atoms. The van der Waals surface area contributed by atoms with Crippen LogP contribution in [-0.4, -0.2) is 16.4 Å². The first-order valence-electron chi connectivity index (χ1n) is 4.06. The Morgan fingerprint density at radius 2 is 2.43 bits per heavy atom. The molecule has 0 aliphatic rings. The lowest BCUT2D eigenvalue weighted by Gasteiger charge is -1.99. The van der Waals surface area contributed by atoms with Crippen molar-refractivity contribution < 1.29 is 14.4 Å². The average molecular weight is 192 g/mol. The Kier molecular flexibility index (Phi) is 2.06. The third-order valence-corrected chi connectivity index (χ3v) is 1.86. The molecule has 5 nitrogen and oxygen atoms in total. The Balaban J connectivity index is 2.21. The van der Waals surface area contributed by atoms with Crippen molar-refractivity contribution in [2.75, 3.05) is 0 Å². The minimum absolute atomic E-state index is 0.288. The largest absolute Gasteiger partial charge is 0.465 e. The van der Waals surface area contributed by atoms with E-state index in [2.05, 4.69) is 10.5 Å². The molecule has 0 fully saturated rings. The Bertz CT molecular complexity index is 464. The van der Waals surface area contributed by atoms with E-state index in [1.165, 1.54) is 0 Å². The van der Waals surface area contributed by atoms with Crippen LogP contribution in [0.2, 0.25) is 0 Å². The molecule has 1 heterocycles. The molecule has 0 aliphatic carbocycles. The van der Waals surface area contributed by atoms with Crippen molar-refractivity contribution in [1.82, 2.24) is 10.5 Å². The molecule has 0 bridgehead atoms. The quantitative estimate of drug-likeness (QED) is 0.757. The summed E-state index contributed by atoms with van der Waals surface area (Å²) in [7, 11) is 0. The van der Waals surface area contributed by atoms with E-state index in [9.17, 15) is 4.79 Å². The van der Waals surface area contributed by atoms with Crippen molar-refractivity contribution >= 4 is 17.1 Å². The first-order chi connectivity index (χ1) is 6.75. The van der Waals surface area contributed by atoms with Gasteiger partial charge >= 0.3 is 6.09 Å². The maximum atomic E-state index is 10.2. The van der Waals surface area contributed by atoms with Crippen molar-refractivity contribution in [1.29, 1.82) is 0 Å². The fourth-order valence-electron chi connectivity index (χ4n) is 1.21. The highest BCUT2D eigenvalue weighted by Gasteiger charge is 2.01. The zero-order chi connectivity index (χ0) is 9.97. The summed E-state index contributed by atoms with van der Waals surface area (Å²) in [4.78, 5) is 10.2. The molecule has 0 saturated carbocycles. The van der Waals surface area contributed by atoms with E-state index in [4.69, 9.17) is 9.63 Å². The number of benzene rings is 1. The maximum absolute atomic E-state index is 10.2. The predicted molar refractivity (Wildman–Crippen MR) is 48.9 cm³/mol. The molecule has 1 aromatic carbocycles. The summed E-state index contributed by atoms with van der Waals surface area (Å²) in [5.41, 5.74) is 1.58. The van der Waals surface area contributed by atoms with Crippen LogP contribution in [0.1, 0.15) is 5.56 Å². The van der Waals surface area contributed by atoms with E-state index >= 15 is 0 Å².